The number of hydrogen-bond donors (Lipinski definition) is 1. The van der Waals surface area contributed by atoms with E-state index in [1.54, 1.807) is 12.1 Å². The second-order valence-electron chi connectivity index (χ2n) is 4.70. The van der Waals surface area contributed by atoms with Crippen molar-refractivity contribution in [2.75, 3.05) is 18.4 Å². The molecule has 1 amide bonds. The van der Waals surface area contributed by atoms with Crippen molar-refractivity contribution >= 4 is 23.2 Å². The van der Waals surface area contributed by atoms with Crippen molar-refractivity contribution in [1.29, 1.82) is 0 Å². The summed E-state index contributed by atoms with van der Waals surface area (Å²) in [4.78, 5) is 14.3. The van der Waals surface area contributed by atoms with Crippen LogP contribution >= 0.6 is 11.6 Å². The lowest BCUT2D eigenvalue weighted by Gasteiger charge is -2.27. The Morgan fingerprint density at radius 2 is 2.21 bits per heavy atom. The van der Waals surface area contributed by atoms with E-state index < -0.39 is 0 Å². The number of amides is 1. The number of halogens is 1. The van der Waals surface area contributed by atoms with E-state index in [4.69, 9.17) is 11.6 Å². The molecule has 0 aliphatic heterocycles. The van der Waals surface area contributed by atoms with Crippen molar-refractivity contribution in [3.8, 4) is 0 Å². The molecule has 0 fully saturated rings. The van der Waals surface area contributed by atoms with Gasteiger partial charge in [-0.05, 0) is 38.6 Å². The Hall–Kier alpha value is -1.32. The normalized spacial score (nSPS) is 12.3. The molecule has 0 bridgehead atoms. The first-order valence-corrected chi connectivity index (χ1v) is 6.76. The van der Waals surface area contributed by atoms with Gasteiger partial charge in [0.05, 0.1) is 6.04 Å². The molecule has 1 aromatic rings. The van der Waals surface area contributed by atoms with E-state index in [0.717, 1.165) is 24.4 Å². The van der Waals surface area contributed by atoms with Crippen molar-refractivity contribution in [3.63, 3.8) is 0 Å². The average molecular weight is 281 g/mol. The molecule has 0 spiro atoms. The number of carbonyl (C=O) groups is 1. The first-order valence-electron chi connectivity index (χ1n) is 6.39. The van der Waals surface area contributed by atoms with E-state index in [1.165, 1.54) is 0 Å². The predicted octanol–water partition coefficient (Wildman–Crippen LogP) is 3.57. The Balaban J connectivity index is 2.68. The minimum Gasteiger partial charge on any atom is -0.325 e. The van der Waals surface area contributed by atoms with Crippen LogP contribution in [-0.2, 0) is 4.79 Å². The Labute approximate surface area is 120 Å². The monoisotopic (exact) mass is 280 g/mol. The highest BCUT2D eigenvalue weighted by Gasteiger charge is 2.19. The lowest BCUT2D eigenvalue weighted by molar-refractivity contribution is -0.120. The molecule has 0 saturated heterocycles. The zero-order chi connectivity index (χ0) is 14.4. The molecule has 0 radical (unpaired) electrons. The summed E-state index contributed by atoms with van der Waals surface area (Å²) >= 11 is 5.89. The van der Waals surface area contributed by atoms with Crippen molar-refractivity contribution < 1.29 is 4.79 Å². The fourth-order valence-corrected chi connectivity index (χ4v) is 2.04. The lowest BCUT2D eigenvalue weighted by Crippen LogP contribution is -2.42. The highest BCUT2D eigenvalue weighted by Crippen LogP contribution is 2.15. The molecule has 1 aromatic carbocycles. The van der Waals surface area contributed by atoms with Crippen LogP contribution in [0.15, 0.2) is 36.4 Å². The van der Waals surface area contributed by atoms with Crippen LogP contribution in [0.5, 0.6) is 0 Å². The Kier molecular flexibility index (Phi) is 6.06. The van der Waals surface area contributed by atoms with E-state index in [9.17, 15) is 4.79 Å². The van der Waals surface area contributed by atoms with E-state index in [-0.39, 0.29) is 11.9 Å². The molecular formula is C15H21ClN2O. The number of benzene rings is 1. The summed E-state index contributed by atoms with van der Waals surface area (Å²) < 4.78 is 0. The van der Waals surface area contributed by atoms with Crippen LogP contribution in [0.25, 0.3) is 0 Å². The van der Waals surface area contributed by atoms with Crippen molar-refractivity contribution in [2.45, 2.75) is 26.8 Å². The zero-order valence-corrected chi connectivity index (χ0v) is 12.5. The van der Waals surface area contributed by atoms with Gasteiger partial charge in [0.25, 0.3) is 0 Å². The van der Waals surface area contributed by atoms with Gasteiger partial charge < -0.3 is 5.32 Å². The number of hydrogen-bond acceptors (Lipinski definition) is 2. The second-order valence-corrected chi connectivity index (χ2v) is 5.13. The molecule has 0 saturated carbocycles. The first-order chi connectivity index (χ1) is 8.93. The molecule has 104 valence electrons. The quantitative estimate of drug-likeness (QED) is 0.808. The smallest absolute Gasteiger partial charge is 0.241 e. The topological polar surface area (TPSA) is 32.3 Å². The molecule has 1 atom stereocenters. The van der Waals surface area contributed by atoms with Gasteiger partial charge in [0.15, 0.2) is 0 Å². The maximum Gasteiger partial charge on any atom is 0.241 e. The molecule has 0 aliphatic carbocycles. The number of carbonyl (C=O) groups excluding carboxylic acids is 1. The fraction of sp³-hybridized carbons (Fsp3) is 0.400. The molecule has 1 rings (SSSR count). The van der Waals surface area contributed by atoms with E-state index >= 15 is 0 Å². The molecule has 3 nitrogen and oxygen atoms in total. The molecule has 0 aromatic heterocycles. The third-order valence-corrected chi connectivity index (χ3v) is 3.13. The van der Waals surface area contributed by atoms with Gasteiger partial charge in [-0.3, -0.25) is 9.69 Å². The van der Waals surface area contributed by atoms with Crippen LogP contribution in [0, 0.1) is 0 Å². The summed E-state index contributed by atoms with van der Waals surface area (Å²) in [5.41, 5.74) is 1.76. The Morgan fingerprint density at radius 1 is 1.53 bits per heavy atom. The van der Waals surface area contributed by atoms with E-state index in [1.807, 2.05) is 32.9 Å². The van der Waals surface area contributed by atoms with Gasteiger partial charge in [0.2, 0.25) is 5.91 Å². The summed E-state index contributed by atoms with van der Waals surface area (Å²) in [7, 11) is 0. The SMILES string of the molecule is C=C(C)CN(CC)C(C)C(=O)Nc1cccc(Cl)c1. The molecule has 19 heavy (non-hydrogen) atoms. The van der Waals surface area contributed by atoms with Crippen molar-refractivity contribution in [2.24, 2.45) is 0 Å². The van der Waals surface area contributed by atoms with Crippen LogP contribution in [0.2, 0.25) is 5.02 Å². The van der Waals surface area contributed by atoms with Gasteiger partial charge in [-0.2, -0.15) is 0 Å². The fourth-order valence-electron chi connectivity index (χ4n) is 1.85. The number of nitrogens with zero attached hydrogens (tertiary/aromatic N) is 1. The van der Waals surface area contributed by atoms with Gasteiger partial charge in [0.1, 0.15) is 0 Å². The van der Waals surface area contributed by atoms with Gasteiger partial charge in [0, 0.05) is 17.3 Å². The second kappa shape index (κ2) is 7.31. The number of likely N-dealkylation sites (N-methyl/N-ethyl adjacent to an activating group) is 1. The lowest BCUT2D eigenvalue weighted by atomic mass is 10.2. The van der Waals surface area contributed by atoms with Crippen molar-refractivity contribution in [3.05, 3.63) is 41.4 Å². The first kappa shape index (κ1) is 15.7. The summed E-state index contributed by atoms with van der Waals surface area (Å²) in [5.74, 6) is -0.0367. The maximum absolute atomic E-state index is 12.2. The third-order valence-electron chi connectivity index (χ3n) is 2.90. The molecule has 4 heteroatoms. The summed E-state index contributed by atoms with van der Waals surface area (Å²) in [5, 5.41) is 3.49. The molecule has 1 unspecified atom stereocenters. The predicted molar refractivity (Wildman–Crippen MR) is 81.6 cm³/mol. The largest absolute Gasteiger partial charge is 0.325 e. The number of nitrogens with one attached hydrogen (secondary N) is 1. The highest BCUT2D eigenvalue weighted by atomic mass is 35.5. The maximum atomic E-state index is 12.2. The van der Waals surface area contributed by atoms with Crippen LogP contribution in [-0.4, -0.2) is 29.9 Å². The minimum atomic E-state index is -0.208. The molecule has 0 heterocycles. The Morgan fingerprint density at radius 3 is 2.74 bits per heavy atom. The number of anilines is 1. The van der Waals surface area contributed by atoms with Gasteiger partial charge in [-0.25, -0.2) is 0 Å². The zero-order valence-electron chi connectivity index (χ0n) is 11.7. The van der Waals surface area contributed by atoms with Gasteiger partial charge >= 0.3 is 0 Å². The minimum absolute atomic E-state index is 0.0367. The average Bonchev–Trinajstić information content (AvgIpc) is 2.34. The Bertz CT molecular complexity index is 459. The van der Waals surface area contributed by atoms with Gasteiger partial charge in [-0.1, -0.05) is 36.7 Å². The van der Waals surface area contributed by atoms with E-state index in [0.29, 0.717) is 5.02 Å². The summed E-state index contributed by atoms with van der Waals surface area (Å²) in [6, 6.07) is 6.95. The van der Waals surface area contributed by atoms with Crippen LogP contribution in [0.3, 0.4) is 0 Å². The van der Waals surface area contributed by atoms with Crippen LogP contribution in [0.1, 0.15) is 20.8 Å². The summed E-state index contributed by atoms with van der Waals surface area (Å²) in [6.07, 6.45) is 0. The standard InChI is InChI=1S/C15H21ClN2O/c1-5-18(10-11(2)3)12(4)15(19)17-14-8-6-7-13(16)9-14/h6-9,12H,2,5,10H2,1,3-4H3,(H,17,19). The van der Waals surface area contributed by atoms with E-state index in [2.05, 4.69) is 16.8 Å². The molecular weight excluding hydrogens is 260 g/mol. The molecule has 1 N–H and O–H groups in total. The van der Waals surface area contributed by atoms with Gasteiger partial charge in [-0.15, -0.1) is 0 Å². The van der Waals surface area contributed by atoms with Crippen molar-refractivity contribution in [1.82, 2.24) is 4.90 Å². The highest BCUT2D eigenvalue weighted by molar-refractivity contribution is 6.30. The third kappa shape index (κ3) is 5.05. The summed E-state index contributed by atoms with van der Waals surface area (Å²) in [6.45, 7) is 11.3. The number of rotatable bonds is 6. The molecule has 0 aliphatic rings. The van der Waals surface area contributed by atoms with Crippen LogP contribution < -0.4 is 5.32 Å². The van der Waals surface area contributed by atoms with Crippen LogP contribution in [0.4, 0.5) is 5.69 Å².